The van der Waals surface area contributed by atoms with E-state index in [9.17, 15) is 14.4 Å². The number of aromatic nitrogens is 2. The van der Waals surface area contributed by atoms with Gasteiger partial charge >= 0.3 is 6.09 Å². The number of benzene rings is 1. The van der Waals surface area contributed by atoms with Gasteiger partial charge in [0.15, 0.2) is 6.61 Å². The van der Waals surface area contributed by atoms with Crippen LogP contribution in [0, 0.1) is 0 Å². The average molecular weight is 326 g/mol. The molecule has 8 nitrogen and oxygen atoms in total. The van der Waals surface area contributed by atoms with Crippen molar-refractivity contribution >= 4 is 17.9 Å². The highest BCUT2D eigenvalue weighted by Crippen LogP contribution is 2.23. The molecule has 1 aromatic heterocycles. The van der Waals surface area contributed by atoms with Crippen LogP contribution < -0.4 is 0 Å². The van der Waals surface area contributed by atoms with E-state index in [4.69, 9.17) is 0 Å². The predicted molar refractivity (Wildman–Crippen MR) is 81.9 cm³/mol. The van der Waals surface area contributed by atoms with Gasteiger partial charge in [0.1, 0.15) is 5.69 Å². The molecular weight excluding hydrogens is 312 g/mol. The molecule has 0 atom stereocenters. The maximum atomic E-state index is 12.4. The number of hydrogen-bond acceptors (Lipinski definition) is 5. The Hall–Kier alpha value is -3.16. The first-order valence-electron chi connectivity index (χ1n) is 7.52. The number of likely N-dealkylation sites (tertiary alicyclic amines) is 1. The van der Waals surface area contributed by atoms with Crippen molar-refractivity contribution in [1.82, 2.24) is 20.0 Å². The molecule has 0 aliphatic carbocycles. The van der Waals surface area contributed by atoms with E-state index in [-0.39, 0.29) is 24.5 Å². The zero-order valence-electron chi connectivity index (χ0n) is 12.6. The van der Waals surface area contributed by atoms with Crippen molar-refractivity contribution < 1.29 is 19.1 Å². The Labute approximate surface area is 137 Å². The monoisotopic (exact) mass is 326 g/mol. The molecule has 1 N–H and O–H groups in total. The molecule has 4 rings (SSSR count). The molecule has 2 aliphatic heterocycles. The van der Waals surface area contributed by atoms with E-state index in [1.165, 1.54) is 0 Å². The number of carbonyl (C=O) groups is 3. The quantitative estimate of drug-likeness (QED) is 0.903. The lowest BCUT2D eigenvalue weighted by Gasteiger charge is -2.41. The van der Waals surface area contributed by atoms with Crippen LogP contribution in [0.2, 0.25) is 0 Å². The zero-order chi connectivity index (χ0) is 16.7. The minimum absolute atomic E-state index is 0.207. The summed E-state index contributed by atoms with van der Waals surface area (Å²) in [6.45, 7) is 0.392. The van der Waals surface area contributed by atoms with Crippen LogP contribution in [0.15, 0.2) is 36.4 Å². The van der Waals surface area contributed by atoms with Gasteiger partial charge in [-0.15, -0.1) is 0 Å². The standard InChI is InChI=1S/C16H14N4O4/c21-14-9-24-16(23)20(14)11-7-19(8-11)15(22)13-6-12(17-18-13)10-4-2-1-3-5-10/h1-6,11H,7-9H2,(H,17,18). The third-order valence-electron chi connectivity index (χ3n) is 4.18. The second kappa shape index (κ2) is 5.48. The van der Waals surface area contributed by atoms with E-state index in [0.29, 0.717) is 24.5 Å². The molecular formula is C16H14N4O4. The van der Waals surface area contributed by atoms with Crippen LogP contribution in [0.5, 0.6) is 0 Å². The molecule has 2 aliphatic rings. The SMILES string of the molecule is O=C(c1cc(-c2ccccc2)n[nH]1)N1CC(N2C(=O)COC2=O)C1. The molecule has 122 valence electrons. The Balaban J connectivity index is 1.42. The number of amides is 3. The fourth-order valence-electron chi connectivity index (χ4n) is 2.86. The minimum Gasteiger partial charge on any atom is -0.439 e. The Morgan fingerprint density at radius 3 is 2.62 bits per heavy atom. The molecule has 0 spiro atoms. The number of aromatic amines is 1. The number of rotatable bonds is 3. The molecule has 24 heavy (non-hydrogen) atoms. The third-order valence-corrected chi connectivity index (χ3v) is 4.18. The van der Waals surface area contributed by atoms with Gasteiger partial charge in [0.05, 0.1) is 11.7 Å². The van der Waals surface area contributed by atoms with Gasteiger partial charge in [-0.2, -0.15) is 5.10 Å². The van der Waals surface area contributed by atoms with E-state index in [1.807, 2.05) is 30.3 Å². The maximum Gasteiger partial charge on any atom is 0.417 e. The molecule has 1 aromatic carbocycles. The first-order chi connectivity index (χ1) is 11.6. The van der Waals surface area contributed by atoms with Crippen molar-refractivity contribution in [3.8, 4) is 11.3 Å². The third kappa shape index (κ3) is 2.32. The summed E-state index contributed by atoms with van der Waals surface area (Å²) >= 11 is 0. The number of cyclic esters (lactones) is 1. The second-order valence-corrected chi connectivity index (χ2v) is 5.72. The first kappa shape index (κ1) is 14.4. The number of hydrogen-bond donors (Lipinski definition) is 1. The lowest BCUT2D eigenvalue weighted by atomic mass is 10.1. The lowest BCUT2D eigenvalue weighted by molar-refractivity contribution is -0.129. The highest BCUT2D eigenvalue weighted by molar-refractivity contribution is 5.99. The van der Waals surface area contributed by atoms with Gasteiger partial charge in [0, 0.05) is 18.7 Å². The van der Waals surface area contributed by atoms with Crippen LogP contribution in [0.4, 0.5) is 4.79 Å². The number of H-pyrrole nitrogens is 1. The highest BCUT2D eigenvalue weighted by atomic mass is 16.6. The summed E-state index contributed by atoms with van der Waals surface area (Å²) in [5, 5.41) is 6.90. The van der Waals surface area contributed by atoms with Crippen molar-refractivity contribution in [3.05, 3.63) is 42.1 Å². The van der Waals surface area contributed by atoms with E-state index in [1.54, 1.807) is 11.0 Å². The molecule has 0 radical (unpaired) electrons. The van der Waals surface area contributed by atoms with Crippen LogP contribution >= 0.6 is 0 Å². The maximum absolute atomic E-state index is 12.4. The summed E-state index contributed by atoms with van der Waals surface area (Å²) in [6.07, 6.45) is -0.634. The Morgan fingerprint density at radius 1 is 1.21 bits per heavy atom. The van der Waals surface area contributed by atoms with Crippen molar-refractivity contribution in [2.75, 3.05) is 19.7 Å². The Kier molecular flexibility index (Phi) is 3.30. The summed E-state index contributed by atoms with van der Waals surface area (Å²) in [7, 11) is 0. The van der Waals surface area contributed by atoms with Crippen molar-refractivity contribution in [1.29, 1.82) is 0 Å². The van der Waals surface area contributed by atoms with Crippen LogP contribution in [0.25, 0.3) is 11.3 Å². The summed E-state index contributed by atoms with van der Waals surface area (Å²) in [5.41, 5.74) is 1.98. The fraction of sp³-hybridized carbons (Fsp3) is 0.250. The van der Waals surface area contributed by atoms with Crippen LogP contribution in [-0.2, 0) is 9.53 Å². The molecule has 0 bridgehead atoms. The number of nitrogens with zero attached hydrogens (tertiary/aromatic N) is 3. The van der Waals surface area contributed by atoms with Gasteiger partial charge in [0.25, 0.3) is 11.8 Å². The highest BCUT2D eigenvalue weighted by Gasteiger charge is 2.44. The van der Waals surface area contributed by atoms with Gasteiger partial charge in [-0.05, 0) is 6.07 Å². The molecule has 0 unspecified atom stereocenters. The van der Waals surface area contributed by atoms with Crippen LogP contribution in [-0.4, -0.2) is 63.6 Å². The molecule has 2 aromatic rings. The molecule has 8 heteroatoms. The minimum atomic E-state index is -0.634. The number of imide groups is 1. The van der Waals surface area contributed by atoms with Gasteiger partial charge < -0.3 is 9.64 Å². The predicted octanol–water partition coefficient (Wildman–Crippen LogP) is 0.880. The average Bonchev–Trinajstić information content (AvgIpc) is 3.16. The fourth-order valence-corrected chi connectivity index (χ4v) is 2.86. The van der Waals surface area contributed by atoms with E-state index < -0.39 is 6.09 Å². The van der Waals surface area contributed by atoms with Crippen LogP contribution in [0.3, 0.4) is 0 Å². The van der Waals surface area contributed by atoms with Crippen molar-refractivity contribution in [3.63, 3.8) is 0 Å². The smallest absolute Gasteiger partial charge is 0.417 e. The number of nitrogens with one attached hydrogen (secondary N) is 1. The van der Waals surface area contributed by atoms with E-state index in [2.05, 4.69) is 14.9 Å². The summed E-state index contributed by atoms with van der Waals surface area (Å²) in [6, 6.07) is 10.9. The lowest BCUT2D eigenvalue weighted by Crippen LogP contribution is -2.62. The second-order valence-electron chi connectivity index (χ2n) is 5.72. The van der Waals surface area contributed by atoms with Crippen molar-refractivity contribution in [2.45, 2.75) is 6.04 Å². The van der Waals surface area contributed by atoms with Crippen molar-refractivity contribution in [2.24, 2.45) is 0 Å². The first-order valence-corrected chi connectivity index (χ1v) is 7.52. The summed E-state index contributed by atoms with van der Waals surface area (Å²) in [4.78, 5) is 38.2. The zero-order valence-corrected chi connectivity index (χ0v) is 12.6. The number of carbonyl (C=O) groups excluding carboxylic acids is 3. The number of ether oxygens (including phenoxy) is 1. The van der Waals surface area contributed by atoms with Gasteiger partial charge in [-0.3, -0.25) is 14.7 Å². The molecule has 0 saturated carbocycles. The van der Waals surface area contributed by atoms with E-state index >= 15 is 0 Å². The Morgan fingerprint density at radius 2 is 1.96 bits per heavy atom. The summed E-state index contributed by atoms with van der Waals surface area (Å²) < 4.78 is 4.69. The Bertz CT molecular complexity index is 794. The molecule has 3 heterocycles. The largest absolute Gasteiger partial charge is 0.439 e. The van der Waals surface area contributed by atoms with Gasteiger partial charge in [-0.25, -0.2) is 9.69 Å². The van der Waals surface area contributed by atoms with Gasteiger partial charge in [0.2, 0.25) is 0 Å². The van der Waals surface area contributed by atoms with Gasteiger partial charge in [-0.1, -0.05) is 30.3 Å². The van der Waals surface area contributed by atoms with E-state index in [0.717, 1.165) is 10.5 Å². The normalized spacial score (nSPS) is 17.8. The topological polar surface area (TPSA) is 95.6 Å². The molecule has 3 amide bonds. The molecule has 2 saturated heterocycles. The summed E-state index contributed by atoms with van der Waals surface area (Å²) in [5.74, 6) is -0.564. The van der Waals surface area contributed by atoms with Crippen LogP contribution in [0.1, 0.15) is 10.5 Å². The molecule has 2 fully saturated rings.